The van der Waals surface area contributed by atoms with E-state index < -0.39 is 16.0 Å². The molecular weight excluding hydrogens is 522 g/mol. The van der Waals surface area contributed by atoms with E-state index in [-0.39, 0.29) is 12.1 Å². The molecule has 2 aromatic carbocycles. The average Bonchev–Trinajstić information content (AvgIpc) is 3.53. The van der Waals surface area contributed by atoms with Crippen LogP contribution >= 0.6 is 12.2 Å². The van der Waals surface area contributed by atoms with Gasteiger partial charge in [-0.05, 0) is 85.0 Å². The van der Waals surface area contributed by atoms with E-state index in [1.165, 1.54) is 7.11 Å². The van der Waals surface area contributed by atoms with E-state index in [9.17, 15) is 13.2 Å². The number of hydrogen-bond donors (Lipinski definition) is 2. The lowest BCUT2D eigenvalue weighted by Gasteiger charge is -2.29. The Morgan fingerprint density at radius 2 is 1.71 bits per heavy atom. The zero-order chi connectivity index (χ0) is 26.9. The average molecular weight is 548 g/mol. The van der Waals surface area contributed by atoms with E-state index >= 15 is 0 Å². The molecule has 194 valence electrons. The standard InChI is InChI=1S/C27H25N5O4S2/c1-36-26(33)18-8-12-20(13-9-18)31-17-5-7-23(31)25-24(22-6-3-4-16-28-22)29-27(37)32(25)21-14-10-19(11-15-21)30-38(2,34)35/h3-17,24-25,30H,1-2H3,(H,29,37)/t24-,25-/m1/s1. The lowest BCUT2D eigenvalue weighted by molar-refractivity contribution is 0.0600. The van der Waals surface area contributed by atoms with Crippen LogP contribution in [0.4, 0.5) is 11.4 Å². The quantitative estimate of drug-likeness (QED) is 0.262. The van der Waals surface area contributed by atoms with Gasteiger partial charge in [0.05, 0.1) is 30.7 Å². The summed E-state index contributed by atoms with van der Waals surface area (Å²) in [5, 5.41) is 3.95. The highest BCUT2D eigenvalue weighted by molar-refractivity contribution is 7.92. The first-order valence-corrected chi connectivity index (χ1v) is 14.0. The van der Waals surface area contributed by atoms with Crippen LogP contribution in [0.5, 0.6) is 0 Å². The van der Waals surface area contributed by atoms with E-state index in [1.807, 2.05) is 70.3 Å². The van der Waals surface area contributed by atoms with Gasteiger partial charge in [0.2, 0.25) is 10.0 Å². The van der Waals surface area contributed by atoms with Gasteiger partial charge in [-0.1, -0.05) is 6.07 Å². The predicted octanol–water partition coefficient (Wildman–Crippen LogP) is 4.21. The number of benzene rings is 2. The first-order chi connectivity index (χ1) is 18.2. The summed E-state index contributed by atoms with van der Waals surface area (Å²) in [5.74, 6) is -0.398. The molecule has 0 spiro atoms. The molecule has 2 atom stereocenters. The second-order valence-electron chi connectivity index (χ2n) is 8.76. The normalized spacial score (nSPS) is 17.2. The summed E-state index contributed by atoms with van der Waals surface area (Å²) in [7, 11) is -2.05. The third-order valence-corrected chi connectivity index (χ3v) is 7.12. The predicted molar refractivity (Wildman–Crippen MR) is 150 cm³/mol. The minimum absolute atomic E-state index is 0.263. The number of ether oxygens (including phenoxy) is 1. The Morgan fingerprint density at radius 1 is 1.00 bits per heavy atom. The second-order valence-corrected chi connectivity index (χ2v) is 10.9. The molecule has 11 heteroatoms. The van der Waals surface area contributed by atoms with Crippen molar-refractivity contribution in [3.63, 3.8) is 0 Å². The SMILES string of the molecule is COC(=O)c1ccc(-n2cccc2[C@@H]2[C@@H](c3ccccn3)NC(=S)N2c2ccc(NS(C)(=O)=O)cc2)cc1. The number of nitrogens with one attached hydrogen (secondary N) is 2. The highest BCUT2D eigenvalue weighted by Gasteiger charge is 2.42. The number of esters is 1. The molecule has 0 aliphatic carbocycles. The van der Waals surface area contributed by atoms with Crippen LogP contribution in [-0.2, 0) is 14.8 Å². The lowest BCUT2D eigenvalue weighted by atomic mass is 10.0. The van der Waals surface area contributed by atoms with Crippen LogP contribution < -0.4 is 14.9 Å². The molecule has 1 aliphatic rings. The number of aromatic nitrogens is 2. The van der Waals surface area contributed by atoms with Crippen molar-refractivity contribution in [3.8, 4) is 5.69 Å². The first-order valence-electron chi connectivity index (χ1n) is 11.7. The molecule has 2 aromatic heterocycles. The number of anilines is 2. The third kappa shape index (κ3) is 5.11. The van der Waals surface area contributed by atoms with Crippen LogP contribution in [-0.4, -0.2) is 42.4 Å². The summed E-state index contributed by atoms with van der Waals surface area (Å²) in [6.45, 7) is 0. The largest absolute Gasteiger partial charge is 0.465 e. The van der Waals surface area contributed by atoms with E-state index in [1.54, 1.807) is 30.5 Å². The van der Waals surface area contributed by atoms with Crippen molar-refractivity contribution >= 4 is 44.7 Å². The summed E-state index contributed by atoms with van der Waals surface area (Å²) in [6, 6.07) is 23.4. The van der Waals surface area contributed by atoms with Crippen LogP contribution in [0.25, 0.3) is 5.69 Å². The van der Waals surface area contributed by atoms with Crippen LogP contribution in [0.15, 0.2) is 91.3 Å². The molecule has 2 N–H and O–H groups in total. The molecule has 38 heavy (non-hydrogen) atoms. The van der Waals surface area contributed by atoms with Crippen molar-refractivity contribution in [3.05, 3.63) is 108 Å². The molecular formula is C27H25N5O4S2. The number of rotatable bonds is 7. The van der Waals surface area contributed by atoms with Gasteiger partial charge in [0.25, 0.3) is 0 Å². The second kappa shape index (κ2) is 10.3. The van der Waals surface area contributed by atoms with Gasteiger partial charge in [-0.2, -0.15) is 0 Å². The topological polar surface area (TPSA) is 106 Å². The minimum Gasteiger partial charge on any atom is -0.465 e. The molecule has 1 fully saturated rings. The molecule has 5 rings (SSSR count). The minimum atomic E-state index is -3.40. The molecule has 1 aliphatic heterocycles. The number of carbonyl (C=O) groups excluding carboxylic acids is 1. The van der Waals surface area contributed by atoms with Crippen molar-refractivity contribution < 1.29 is 17.9 Å². The summed E-state index contributed by atoms with van der Waals surface area (Å²) >= 11 is 5.81. The fourth-order valence-corrected chi connectivity index (χ4v) is 5.49. The zero-order valence-electron chi connectivity index (χ0n) is 20.6. The number of pyridine rings is 1. The highest BCUT2D eigenvalue weighted by Crippen LogP contribution is 2.42. The van der Waals surface area contributed by atoms with Crippen molar-refractivity contribution in [1.29, 1.82) is 0 Å². The summed E-state index contributed by atoms with van der Waals surface area (Å²) < 4.78 is 32.7. The fraction of sp³-hybridized carbons (Fsp3) is 0.148. The van der Waals surface area contributed by atoms with Gasteiger partial charge in [-0.25, -0.2) is 13.2 Å². The van der Waals surface area contributed by atoms with Gasteiger partial charge in [-0.15, -0.1) is 0 Å². The van der Waals surface area contributed by atoms with Gasteiger partial charge in [0.15, 0.2) is 5.11 Å². The van der Waals surface area contributed by atoms with E-state index in [0.717, 1.165) is 29.0 Å². The number of thiocarbonyl (C=S) groups is 1. The monoisotopic (exact) mass is 547 g/mol. The van der Waals surface area contributed by atoms with Gasteiger partial charge in [0.1, 0.15) is 6.04 Å². The summed E-state index contributed by atoms with van der Waals surface area (Å²) in [5.41, 5.74) is 4.34. The molecule has 0 amide bonds. The van der Waals surface area contributed by atoms with Crippen LogP contribution in [0.1, 0.15) is 33.8 Å². The Bertz CT molecular complexity index is 1570. The maximum absolute atomic E-state index is 11.9. The van der Waals surface area contributed by atoms with Crippen LogP contribution in [0.2, 0.25) is 0 Å². The smallest absolute Gasteiger partial charge is 0.337 e. The third-order valence-electron chi connectivity index (χ3n) is 6.20. The Morgan fingerprint density at radius 3 is 2.34 bits per heavy atom. The van der Waals surface area contributed by atoms with Crippen LogP contribution in [0.3, 0.4) is 0 Å². The number of sulfonamides is 1. The van der Waals surface area contributed by atoms with E-state index in [2.05, 4.69) is 15.0 Å². The molecule has 9 nitrogen and oxygen atoms in total. The van der Waals surface area contributed by atoms with E-state index in [0.29, 0.717) is 16.4 Å². The first kappa shape index (κ1) is 25.4. The van der Waals surface area contributed by atoms with Crippen molar-refractivity contribution in [2.75, 3.05) is 23.0 Å². The van der Waals surface area contributed by atoms with Crippen LogP contribution in [0, 0.1) is 0 Å². The maximum Gasteiger partial charge on any atom is 0.337 e. The lowest BCUT2D eigenvalue weighted by Crippen LogP contribution is -2.30. The van der Waals surface area contributed by atoms with Crippen molar-refractivity contribution in [1.82, 2.24) is 14.9 Å². The molecule has 4 aromatic rings. The fourth-order valence-electron chi connectivity index (χ4n) is 4.58. The van der Waals surface area contributed by atoms with Crippen molar-refractivity contribution in [2.45, 2.75) is 12.1 Å². The van der Waals surface area contributed by atoms with Crippen molar-refractivity contribution in [2.24, 2.45) is 0 Å². The number of hydrogen-bond acceptors (Lipinski definition) is 6. The molecule has 3 heterocycles. The molecule has 0 saturated carbocycles. The number of methoxy groups -OCH3 is 1. The Balaban J connectivity index is 1.58. The number of carbonyl (C=O) groups is 1. The molecule has 0 bridgehead atoms. The van der Waals surface area contributed by atoms with Gasteiger partial charge < -0.3 is 19.5 Å². The van der Waals surface area contributed by atoms with Gasteiger partial charge in [-0.3, -0.25) is 9.71 Å². The Kier molecular flexibility index (Phi) is 6.87. The molecule has 1 saturated heterocycles. The zero-order valence-corrected chi connectivity index (χ0v) is 22.2. The van der Waals surface area contributed by atoms with Gasteiger partial charge in [0, 0.05) is 35.1 Å². The molecule has 0 radical (unpaired) electrons. The summed E-state index contributed by atoms with van der Waals surface area (Å²) in [4.78, 5) is 18.5. The summed E-state index contributed by atoms with van der Waals surface area (Å²) in [6.07, 6.45) is 4.81. The number of nitrogens with zero attached hydrogens (tertiary/aromatic N) is 3. The Labute approximate surface area is 226 Å². The van der Waals surface area contributed by atoms with Gasteiger partial charge >= 0.3 is 5.97 Å². The maximum atomic E-state index is 11.9. The Hall–Kier alpha value is -4.22. The highest BCUT2D eigenvalue weighted by atomic mass is 32.2. The van der Waals surface area contributed by atoms with E-state index in [4.69, 9.17) is 17.0 Å². The molecule has 0 unspecified atom stereocenters.